The van der Waals surface area contributed by atoms with Crippen molar-refractivity contribution in [2.75, 3.05) is 20.1 Å². The van der Waals surface area contributed by atoms with E-state index in [1.165, 1.54) is 0 Å². The second-order valence-electron chi connectivity index (χ2n) is 6.64. The molecule has 1 rings (SSSR count). The zero-order valence-corrected chi connectivity index (χ0v) is 15.6. The summed E-state index contributed by atoms with van der Waals surface area (Å²) >= 11 is 6.12. The highest BCUT2D eigenvalue weighted by Gasteiger charge is 2.19. The Labute approximate surface area is 143 Å². The Morgan fingerprint density at radius 1 is 1.43 bits per heavy atom. The van der Waals surface area contributed by atoms with E-state index in [4.69, 9.17) is 16.3 Å². The molecule has 0 bridgehead atoms. The Balaban J connectivity index is 2.31. The molecule has 0 aliphatic heterocycles. The molecule has 7 heteroatoms. The number of aromatic amines is 1. The van der Waals surface area contributed by atoms with Gasteiger partial charge in [-0.3, -0.25) is 0 Å². The number of hydrogen-bond acceptors (Lipinski definition) is 4. The summed E-state index contributed by atoms with van der Waals surface area (Å²) in [6.45, 7) is 9.51. The minimum absolute atomic E-state index is 0.319. The lowest BCUT2D eigenvalue weighted by Gasteiger charge is -2.24. The molecule has 0 aliphatic rings. The van der Waals surface area contributed by atoms with E-state index in [0.29, 0.717) is 24.8 Å². The number of ether oxygens (including phenoxy) is 1. The summed E-state index contributed by atoms with van der Waals surface area (Å²) in [4.78, 5) is 20.9. The number of aromatic nitrogens is 2. The molecule has 0 aliphatic carbocycles. The molecule has 23 heavy (non-hydrogen) atoms. The van der Waals surface area contributed by atoms with Crippen LogP contribution in [0.15, 0.2) is 0 Å². The second-order valence-corrected chi connectivity index (χ2v) is 6.99. The van der Waals surface area contributed by atoms with Crippen molar-refractivity contribution in [3.63, 3.8) is 0 Å². The zero-order valence-electron chi connectivity index (χ0n) is 14.8. The number of nitrogens with one attached hydrogen (secondary N) is 2. The van der Waals surface area contributed by atoms with E-state index in [1.54, 1.807) is 11.9 Å². The molecule has 1 aromatic rings. The van der Waals surface area contributed by atoms with E-state index in [9.17, 15) is 4.79 Å². The molecule has 0 spiro atoms. The van der Waals surface area contributed by atoms with Gasteiger partial charge in [-0.2, -0.15) is 0 Å². The third-order valence-electron chi connectivity index (χ3n) is 3.18. The monoisotopic (exact) mass is 344 g/mol. The molecule has 0 aromatic carbocycles. The number of H-pyrrole nitrogens is 1. The molecule has 6 nitrogen and oxygen atoms in total. The fourth-order valence-corrected chi connectivity index (χ4v) is 2.13. The Bertz CT molecular complexity index is 497. The first-order valence-electron chi connectivity index (χ1n) is 8.11. The quantitative estimate of drug-likeness (QED) is 0.709. The van der Waals surface area contributed by atoms with Crippen LogP contribution < -0.4 is 5.32 Å². The fourth-order valence-electron chi connectivity index (χ4n) is 1.91. The highest BCUT2D eigenvalue weighted by atomic mass is 35.5. The maximum Gasteiger partial charge on any atom is 0.410 e. The van der Waals surface area contributed by atoms with Crippen molar-refractivity contribution < 1.29 is 9.53 Å². The Morgan fingerprint density at radius 3 is 2.74 bits per heavy atom. The smallest absolute Gasteiger partial charge is 0.410 e. The van der Waals surface area contributed by atoms with Gasteiger partial charge in [0.05, 0.1) is 5.69 Å². The second kappa shape index (κ2) is 9.13. The number of carbonyl (C=O) groups excluding carboxylic acids is 1. The lowest BCUT2D eigenvalue weighted by molar-refractivity contribution is 0.0300. The number of rotatable bonds is 8. The van der Waals surface area contributed by atoms with E-state index in [0.717, 1.165) is 30.8 Å². The topological polar surface area (TPSA) is 70.2 Å². The van der Waals surface area contributed by atoms with Gasteiger partial charge < -0.3 is 19.9 Å². The molecule has 0 saturated carbocycles. The van der Waals surface area contributed by atoms with Gasteiger partial charge in [0.2, 0.25) is 0 Å². The molecule has 0 saturated heterocycles. The standard InChI is InChI=1S/C16H29ClN4O2/c1-6-7-8-13-19-12(14(17)20-13)11-18-9-10-21(5)15(22)23-16(2,3)4/h18H,6-11H2,1-5H3,(H,19,20). The number of unbranched alkanes of at least 4 members (excludes halogenated alkanes) is 1. The van der Waals surface area contributed by atoms with Crippen molar-refractivity contribution in [3.05, 3.63) is 16.7 Å². The number of imidazole rings is 1. The van der Waals surface area contributed by atoms with E-state index in [2.05, 4.69) is 22.2 Å². The van der Waals surface area contributed by atoms with Gasteiger partial charge in [0.15, 0.2) is 5.15 Å². The van der Waals surface area contributed by atoms with Crippen LogP contribution in [0.2, 0.25) is 5.15 Å². The molecular weight excluding hydrogens is 316 g/mol. The highest BCUT2D eigenvalue weighted by molar-refractivity contribution is 6.30. The minimum atomic E-state index is -0.475. The van der Waals surface area contributed by atoms with Crippen molar-refractivity contribution >= 4 is 17.7 Å². The van der Waals surface area contributed by atoms with Gasteiger partial charge in [0, 0.05) is 33.1 Å². The van der Waals surface area contributed by atoms with Gasteiger partial charge in [0.25, 0.3) is 0 Å². The number of halogens is 1. The number of amides is 1. The predicted octanol–water partition coefficient (Wildman–Crippen LogP) is 3.36. The van der Waals surface area contributed by atoms with Crippen LogP contribution in [0.4, 0.5) is 4.79 Å². The predicted molar refractivity (Wildman–Crippen MR) is 92.8 cm³/mol. The third-order valence-corrected chi connectivity index (χ3v) is 3.49. The summed E-state index contributed by atoms with van der Waals surface area (Å²) in [6.07, 6.45) is 2.82. The Hall–Kier alpha value is -1.27. The van der Waals surface area contributed by atoms with Crippen LogP contribution in [0, 0.1) is 0 Å². The first-order valence-corrected chi connectivity index (χ1v) is 8.48. The lowest BCUT2D eigenvalue weighted by atomic mass is 10.2. The van der Waals surface area contributed by atoms with Gasteiger partial charge in [-0.25, -0.2) is 9.78 Å². The van der Waals surface area contributed by atoms with Crippen LogP contribution in [-0.2, 0) is 17.7 Å². The highest BCUT2D eigenvalue weighted by Crippen LogP contribution is 2.14. The van der Waals surface area contributed by atoms with E-state index < -0.39 is 5.60 Å². The van der Waals surface area contributed by atoms with Gasteiger partial charge in [-0.1, -0.05) is 24.9 Å². The van der Waals surface area contributed by atoms with E-state index in [-0.39, 0.29) is 6.09 Å². The SMILES string of the molecule is CCCCc1nc(Cl)c(CNCCN(C)C(=O)OC(C)(C)C)[nH]1. The molecule has 1 amide bonds. The van der Waals surface area contributed by atoms with Gasteiger partial charge in [0.1, 0.15) is 11.4 Å². The van der Waals surface area contributed by atoms with E-state index >= 15 is 0 Å². The summed E-state index contributed by atoms with van der Waals surface area (Å²) in [5.41, 5.74) is 0.412. The minimum Gasteiger partial charge on any atom is -0.444 e. The Morgan fingerprint density at radius 2 is 2.13 bits per heavy atom. The van der Waals surface area contributed by atoms with Crippen LogP contribution in [0.5, 0.6) is 0 Å². The average molecular weight is 345 g/mol. The Kier molecular flexibility index (Phi) is 7.85. The number of nitrogens with zero attached hydrogens (tertiary/aromatic N) is 2. The number of hydrogen-bond donors (Lipinski definition) is 2. The average Bonchev–Trinajstić information content (AvgIpc) is 2.79. The molecule has 0 unspecified atom stereocenters. The van der Waals surface area contributed by atoms with Crippen molar-refractivity contribution in [3.8, 4) is 0 Å². The largest absolute Gasteiger partial charge is 0.444 e. The molecule has 0 radical (unpaired) electrons. The molecule has 1 heterocycles. The first kappa shape index (κ1) is 19.8. The van der Waals surface area contributed by atoms with Crippen molar-refractivity contribution in [1.82, 2.24) is 20.2 Å². The number of aryl methyl sites for hydroxylation is 1. The summed E-state index contributed by atoms with van der Waals surface area (Å²) < 4.78 is 5.30. The van der Waals surface area contributed by atoms with Gasteiger partial charge in [-0.05, 0) is 27.2 Å². The first-order chi connectivity index (χ1) is 10.7. The normalized spacial score (nSPS) is 11.6. The van der Waals surface area contributed by atoms with Crippen molar-refractivity contribution in [2.24, 2.45) is 0 Å². The summed E-state index contributed by atoms with van der Waals surface area (Å²) in [7, 11) is 1.72. The van der Waals surface area contributed by atoms with Crippen LogP contribution in [0.3, 0.4) is 0 Å². The molecule has 0 fully saturated rings. The number of carbonyl (C=O) groups is 1. The fraction of sp³-hybridized carbons (Fsp3) is 0.750. The lowest BCUT2D eigenvalue weighted by Crippen LogP contribution is -2.37. The van der Waals surface area contributed by atoms with Gasteiger partial charge >= 0.3 is 6.09 Å². The molecule has 2 N–H and O–H groups in total. The summed E-state index contributed by atoms with van der Waals surface area (Å²) in [5, 5.41) is 3.77. The van der Waals surface area contributed by atoms with Crippen LogP contribution in [0.25, 0.3) is 0 Å². The molecular formula is C16H29ClN4O2. The maximum atomic E-state index is 11.8. The number of likely N-dealkylation sites (N-methyl/N-ethyl adjacent to an activating group) is 1. The zero-order chi connectivity index (χ0) is 17.5. The maximum absolute atomic E-state index is 11.8. The molecule has 0 atom stereocenters. The van der Waals surface area contributed by atoms with Crippen LogP contribution >= 0.6 is 11.6 Å². The summed E-state index contributed by atoms with van der Waals surface area (Å²) in [5.74, 6) is 0.930. The van der Waals surface area contributed by atoms with Gasteiger partial charge in [-0.15, -0.1) is 0 Å². The van der Waals surface area contributed by atoms with Crippen molar-refractivity contribution in [1.29, 1.82) is 0 Å². The summed E-state index contributed by atoms with van der Waals surface area (Å²) in [6, 6.07) is 0. The van der Waals surface area contributed by atoms with Crippen LogP contribution in [-0.4, -0.2) is 46.7 Å². The molecule has 1 aromatic heterocycles. The molecule has 132 valence electrons. The van der Waals surface area contributed by atoms with Crippen molar-refractivity contribution in [2.45, 2.75) is 59.1 Å². The third kappa shape index (κ3) is 7.70. The van der Waals surface area contributed by atoms with Crippen LogP contribution in [0.1, 0.15) is 52.1 Å². The van der Waals surface area contributed by atoms with E-state index in [1.807, 2.05) is 20.8 Å².